The molecule has 1 fully saturated rings. The van der Waals surface area contributed by atoms with Crippen molar-refractivity contribution >= 4 is 17.1 Å². The summed E-state index contributed by atoms with van der Waals surface area (Å²) in [5.74, 6) is 1.05. The van der Waals surface area contributed by atoms with Crippen LogP contribution in [0.3, 0.4) is 0 Å². The molecule has 1 aromatic rings. The van der Waals surface area contributed by atoms with E-state index in [4.69, 9.17) is 0 Å². The number of carbonyl (C=O) groups excluding carboxylic acids is 1. The quantitative estimate of drug-likeness (QED) is 0.798. The Labute approximate surface area is 94.7 Å². The first-order valence-corrected chi connectivity index (χ1v) is 6.44. The molecule has 0 radical (unpaired) electrons. The SMILES string of the molecule is CC1CCNC(CC(=O)c2cccs2)C1. The van der Waals surface area contributed by atoms with Gasteiger partial charge in [0.05, 0.1) is 4.88 Å². The van der Waals surface area contributed by atoms with Crippen molar-refractivity contribution in [2.75, 3.05) is 6.54 Å². The molecule has 1 saturated heterocycles. The Bertz CT molecular complexity index is 320. The molecule has 0 saturated carbocycles. The molecular weight excluding hydrogens is 206 g/mol. The fraction of sp³-hybridized carbons (Fsp3) is 0.583. The van der Waals surface area contributed by atoms with E-state index in [0.717, 1.165) is 23.8 Å². The van der Waals surface area contributed by atoms with E-state index in [2.05, 4.69) is 12.2 Å². The predicted molar refractivity (Wildman–Crippen MR) is 63.5 cm³/mol. The van der Waals surface area contributed by atoms with Gasteiger partial charge in [0.25, 0.3) is 0 Å². The van der Waals surface area contributed by atoms with Crippen LogP contribution in [0, 0.1) is 5.92 Å². The summed E-state index contributed by atoms with van der Waals surface area (Å²) in [6.07, 6.45) is 3.03. The molecule has 0 aliphatic carbocycles. The first-order chi connectivity index (χ1) is 7.25. The zero-order valence-corrected chi connectivity index (χ0v) is 9.85. The van der Waals surface area contributed by atoms with Gasteiger partial charge in [-0.1, -0.05) is 13.0 Å². The number of rotatable bonds is 3. The third-order valence-electron chi connectivity index (χ3n) is 2.98. The Kier molecular flexibility index (Phi) is 3.54. The van der Waals surface area contributed by atoms with Gasteiger partial charge in [-0.2, -0.15) is 0 Å². The van der Waals surface area contributed by atoms with Crippen molar-refractivity contribution in [3.05, 3.63) is 22.4 Å². The Morgan fingerprint density at radius 2 is 2.53 bits per heavy atom. The lowest BCUT2D eigenvalue weighted by molar-refractivity contribution is 0.0963. The van der Waals surface area contributed by atoms with E-state index in [-0.39, 0.29) is 5.78 Å². The van der Waals surface area contributed by atoms with E-state index in [1.807, 2.05) is 17.5 Å². The topological polar surface area (TPSA) is 29.1 Å². The summed E-state index contributed by atoms with van der Waals surface area (Å²) in [5.41, 5.74) is 0. The number of nitrogens with one attached hydrogen (secondary N) is 1. The highest BCUT2D eigenvalue weighted by Gasteiger charge is 2.21. The summed E-state index contributed by atoms with van der Waals surface area (Å²) in [6.45, 7) is 3.33. The van der Waals surface area contributed by atoms with Gasteiger partial charge in [-0.05, 0) is 36.8 Å². The molecule has 15 heavy (non-hydrogen) atoms. The molecule has 82 valence electrons. The number of thiophene rings is 1. The van der Waals surface area contributed by atoms with Crippen LogP contribution in [-0.4, -0.2) is 18.4 Å². The molecule has 0 aromatic carbocycles. The molecule has 2 heterocycles. The molecule has 2 nitrogen and oxygen atoms in total. The molecule has 1 aromatic heterocycles. The maximum Gasteiger partial charge on any atom is 0.174 e. The smallest absolute Gasteiger partial charge is 0.174 e. The molecule has 2 atom stereocenters. The Hall–Kier alpha value is -0.670. The van der Waals surface area contributed by atoms with Crippen molar-refractivity contribution in [3.63, 3.8) is 0 Å². The molecule has 2 unspecified atom stereocenters. The third-order valence-corrected chi connectivity index (χ3v) is 3.90. The summed E-state index contributed by atoms with van der Waals surface area (Å²) >= 11 is 1.54. The minimum absolute atomic E-state index is 0.289. The highest BCUT2D eigenvalue weighted by molar-refractivity contribution is 7.12. The highest BCUT2D eigenvalue weighted by Crippen LogP contribution is 2.20. The van der Waals surface area contributed by atoms with Crippen molar-refractivity contribution in [1.82, 2.24) is 5.32 Å². The van der Waals surface area contributed by atoms with Crippen LogP contribution in [0.25, 0.3) is 0 Å². The lowest BCUT2D eigenvalue weighted by Crippen LogP contribution is -2.38. The molecule has 1 aliphatic heterocycles. The summed E-state index contributed by atoms with van der Waals surface area (Å²) in [4.78, 5) is 12.7. The van der Waals surface area contributed by atoms with Gasteiger partial charge in [-0.15, -0.1) is 11.3 Å². The van der Waals surface area contributed by atoms with Gasteiger partial charge < -0.3 is 5.32 Å². The Morgan fingerprint density at radius 3 is 3.20 bits per heavy atom. The monoisotopic (exact) mass is 223 g/mol. The van der Waals surface area contributed by atoms with Crippen molar-refractivity contribution in [3.8, 4) is 0 Å². The van der Waals surface area contributed by atoms with Crippen LogP contribution in [-0.2, 0) is 0 Å². The van der Waals surface area contributed by atoms with Crippen LogP contribution in [0.15, 0.2) is 17.5 Å². The van der Waals surface area contributed by atoms with Gasteiger partial charge in [0, 0.05) is 12.5 Å². The van der Waals surface area contributed by atoms with Gasteiger partial charge >= 0.3 is 0 Å². The molecule has 1 N–H and O–H groups in total. The zero-order valence-electron chi connectivity index (χ0n) is 9.03. The molecule has 0 bridgehead atoms. The van der Waals surface area contributed by atoms with Crippen LogP contribution < -0.4 is 5.32 Å². The van der Waals surface area contributed by atoms with E-state index in [0.29, 0.717) is 12.5 Å². The predicted octanol–water partition coefficient (Wildman–Crippen LogP) is 2.71. The Morgan fingerprint density at radius 1 is 1.67 bits per heavy atom. The fourth-order valence-corrected chi connectivity index (χ4v) is 2.81. The number of Topliss-reactive ketones (excluding diaryl/α,β-unsaturated/α-hetero) is 1. The summed E-state index contributed by atoms with van der Waals surface area (Å²) in [7, 11) is 0. The van der Waals surface area contributed by atoms with Gasteiger partial charge in [-0.3, -0.25) is 4.79 Å². The fourth-order valence-electron chi connectivity index (χ4n) is 2.14. The second-order valence-corrected chi connectivity index (χ2v) is 5.33. The molecule has 1 aliphatic rings. The average Bonchev–Trinajstić information content (AvgIpc) is 2.70. The standard InChI is InChI=1S/C12H17NOS/c1-9-4-5-13-10(7-9)8-11(14)12-3-2-6-15-12/h2-3,6,9-10,13H,4-5,7-8H2,1H3. The van der Waals surface area contributed by atoms with Crippen LogP contribution in [0.5, 0.6) is 0 Å². The minimum atomic E-state index is 0.289. The van der Waals surface area contributed by atoms with E-state index in [9.17, 15) is 4.79 Å². The molecule has 0 spiro atoms. The van der Waals surface area contributed by atoms with Crippen molar-refractivity contribution in [1.29, 1.82) is 0 Å². The minimum Gasteiger partial charge on any atom is -0.314 e. The van der Waals surface area contributed by atoms with E-state index >= 15 is 0 Å². The van der Waals surface area contributed by atoms with Crippen molar-refractivity contribution in [2.45, 2.75) is 32.2 Å². The average molecular weight is 223 g/mol. The second-order valence-electron chi connectivity index (χ2n) is 4.39. The molecule has 2 rings (SSSR count). The van der Waals surface area contributed by atoms with E-state index in [1.165, 1.54) is 6.42 Å². The van der Waals surface area contributed by atoms with Crippen molar-refractivity contribution in [2.24, 2.45) is 5.92 Å². The first-order valence-electron chi connectivity index (χ1n) is 5.56. The van der Waals surface area contributed by atoms with Crippen LogP contribution in [0.2, 0.25) is 0 Å². The summed E-state index contributed by atoms with van der Waals surface area (Å²) in [6, 6.07) is 4.25. The van der Waals surface area contributed by atoms with Gasteiger partial charge in [0.15, 0.2) is 5.78 Å². The van der Waals surface area contributed by atoms with Crippen LogP contribution >= 0.6 is 11.3 Å². The van der Waals surface area contributed by atoms with Crippen LogP contribution in [0.4, 0.5) is 0 Å². The number of hydrogen-bond donors (Lipinski definition) is 1. The van der Waals surface area contributed by atoms with E-state index < -0.39 is 0 Å². The van der Waals surface area contributed by atoms with Gasteiger partial charge in [0.1, 0.15) is 0 Å². The summed E-state index contributed by atoms with van der Waals surface area (Å²) in [5, 5.41) is 5.39. The van der Waals surface area contributed by atoms with Gasteiger partial charge in [0.2, 0.25) is 0 Å². The first kappa shape index (κ1) is 10.8. The number of ketones is 1. The Balaban J connectivity index is 1.89. The lowest BCUT2D eigenvalue weighted by atomic mass is 9.91. The normalized spacial score (nSPS) is 26.5. The largest absolute Gasteiger partial charge is 0.314 e. The van der Waals surface area contributed by atoms with Gasteiger partial charge in [-0.25, -0.2) is 0 Å². The zero-order chi connectivity index (χ0) is 10.7. The molecule has 0 amide bonds. The number of piperidine rings is 1. The summed E-state index contributed by atoms with van der Waals surface area (Å²) < 4.78 is 0. The van der Waals surface area contributed by atoms with E-state index in [1.54, 1.807) is 11.3 Å². The van der Waals surface area contributed by atoms with Crippen molar-refractivity contribution < 1.29 is 4.79 Å². The lowest BCUT2D eigenvalue weighted by Gasteiger charge is -2.27. The maximum absolute atomic E-state index is 11.9. The number of hydrogen-bond acceptors (Lipinski definition) is 3. The molecule has 3 heteroatoms. The third kappa shape index (κ3) is 2.89. The molecular formula is C12H17NOS. The second kappa shape index (κ2) is 4.90. The number of carbonyl (C=O) groups is 1. The highest BCUT2D eigenvalue weighted by atomic mass is 32.1. The maximum atomic E-state index is 11.9. The van der Waals surface area contributed by atoms with Crippen LogP contribution in [0.1, 0.15) is 35.9 Å².